The van der Waals surface area contributed by atoms with E-state index in [0.29, 0.717) is 12.0 Å². The molecule has 18 heavy (non-hydrogen) atoms. The summed E-state index contributed by atoms with van der Waals surface area (Å²) >= 11 is 11.2. The molecule has 1 atom stereocenters. The highest BCUT2D eigenvalue weighted by atomic mass is 79.9. The van der Waals surface area contributed by atoms with Crippen molar-refractivity contribution in [1.29, 1.82) is 0 Å². The highest BCUT2D eigenvalue weighted by Crippen LogP contribution is 2.32. The van der Waals surface area contributed by atoms with Crippen LogP contribution in [0.3, 0.4) is 0 Å². The summed E-state index contributed by atoms with van der Waals surface area (Å²) < 4.78 is 0.919. The van der Waals surface area contributed by atoms with E-state index in [9.17, 15) is 0 Å². The van der Waals surface area contributed by atoms with Crippen molar-refractivity contribution in [2.45, 2.75) is 19.9 Å². The minimum absolute atomic E-state index is 0.332. The predicted molar refractivity (Wildman–Crippen MR) is 84.7 cm³/mol. The maximum Gasteiger partial charge on any atom is 0.0629 e. The van der Waals surface area contributed by atoms with Crippen LogP contribution in [0.25, 0.3) is 0 Å². The van der Waals surface area contributed by atoms with Crippen LogP contribution in [0, 0.1) is 5.92 Å². The van der Waals surface area contributed by atoms with E-state index >= 15 is 0 Å². The Balaban J connectivity index is 2.21. The van der Waals surface area contributed by atoms with Crippen molar-refractivity contribution < 1.29 is 0 Å². The van der Waals surface area contributed by atoms with Gasteiger partial charge in [0.15, 0.2) is 0 Å². The van der Waals surface area contributed by atoms with Gasteiger partial charge in [0, 0.05) is 15.0 Å². The van der Waals surface area contributed by atoms with Crippen LogP contribution < -0.4 is 5.32 Å². The molecule has 1 aromatic carbocycles. The lowest BCUT2D eigenvalue weighted by Gasteiger charge is -2.22. The van der Waals surface area contributed by atoms with Crippen molar-refractivity contribution in [3.63, 3.8) is 0 Å². The van der Waals surface area contributed by atoms with E-state index in [-0.39, 0.29) is 0 Å². The zero-order valence-corrected chi connectivity index (χ0v) is 13.4. The molecular formula is C14H15BrClNS. The van der Waals surface area contributed by atoms with Crippen molar-refractivity contribution in [2.24, 2.45) is 5.92 Å². The molecule has 0 saturated carbocycles. The van der Waals surface area contributed by atoms with Crippen LogP contribution in [-0.2, 0) is 0 Å². The lowest BCUT2D eigenvalue weighted by Crippen LogP contribution is -2.15. The number of nitrogens with one attached hydrogen (secondary N) is 1. The molecule has 1 N–H and O–H groups in total. The molecule has 1 nitrogen and oxygen atoms in total. The highest BCUT2D eigenvalue weighted by Gasteiger charge is 2.16. The Bertz CT molecular complexity index is 511. The summed E-state index contributed by atoms with van der Waals surface area (Å²) in [4.78, 5) is 1.36. The topological polar surface area (TPSA) is 12.0 Å². The average molecular weight is 345 g/mol. The maximum absolute atomic E-state index is 6.01. The standard InChI is InChI=1S/C14H15BrClNS/c1-9(2)14(13-4-3-7-18-13)17-10-5-6-12(16)11(15)8-10/h3-9,14,17H,1-2H3. The fourth-order valence-corrected chi connectivity index (χ4v) is 3.25. The lowest BCUT2D eigenvalue weighted by molar-refractivity contribution is 0.554. The third kappa shape index (κ3) is 3.28. The molecule has 1 unspecified atom stereocenters. The minimum Gasteiger partial charge on any atom is -0.377 e. The third-order valence-electron chi connectivity index (χ3n) is 2.76. The van der Waals surface area contributed by atoms with Crippen molar-refractivity contribution in [2.75, 3.05) is 5.32 Å². The molecule has 4 heteroatoms. The van der Waals surface area contributed by atoms with Crippen LogP contribution in [0.15, 0.2) is 40.2 Å². The molecule has 1 aromatic heterocycles. The van der Waals surface area contributed by atoms with Crippen LogP contribution in [0.2, 0.25) is 5.02 Å². The summed E-state index contributed by atoms with van der Waals surface area (Å²) in [5, 5.41) is 6.42. The van der Waals surface area contributed by atoms with E-state index in [1.807, 2.05) is 18.2 Å². The molecule has 0 fully saturated rings. The number of hydrogen-bond donors (Lipinski definition) is 1. The molecule has 0 radical (unpaired) electrons. The van der Waals surface area contributed by atoms with Gasteiger partial charge in [-0.25, -0.2) is 0 Å². The Hall–Kier alpha value is -0.510. The molecule has 2 rings (SSSR count). The second-order valence-corrected chi connectivity index (χ2v) is 6.75. The largest absolute Gasteiger partial charge is 0.377 e. The fourth-order valence-electron chi connectivity index (χ4n) is 1.80. The molecule has 0 saturated heterocycles. The molecule has 0 aliphatic rings. The van der Waals surface area contributed by atoms with Crippen LogP contribution in [0.5, 0.6) is 0 Å². The van der Waals surface area contributed by atoms with Crippen molar-refractivity contribution in [3.05, 3.63) is 50.1 Å². The maximum atomic E-state index is 6.01. The van der Waals surface area contributed by atoms with E-state index in [1.54, 1.807) is 11.3 Å². The van der Waals surface area contributed by atoms with Gasteiger partial charge >= 0.3 is 0 Å². The summed E-state index contributed by atoms with van der Waals surface area (Å²) in [6, 6.07) is 10.5. The van der Waals surface area contributed by atoms with E-state index in [4.69, 9.17) is 11.6 Å². The number of anilines is 1. The summed E-state index contributed by atoms with van der Waals surface area (Å²) in [5.74, 6) is 0.526. The molecule has 0 bridgehead atoms. The van der Waals surface area contributed by atoms with Crippen molar-refractivity contribution in [1.82, 2.24) is 0 Å². The first kappa shape index (κ1) is 13.9. The smallest absolute Gasteiger partial charge is 0.0629 e. The number of halogens is 2. The second kappa shape index (κ2) is 6.09. The summed E-state index contributed by atoms with van der Waals surface area (Å²) in [6.07, 6.45) is 0. The zero-order chi connectivity index (χ0) is 13.1. The Morgan fingerprint density at radius 2 is 2.06 bits per heavy atom. The Morgan fingerprint density at radius 3 is 2.61 bits per heavy atom. The summed E-state index contributed by atoms with van der Waals surface area (Å²) in [5.41, 5.74) is 1.08. The van der Waals surface area contributed by atoms with Gasteiger partial charge in [-0.15, -0.1) is 11.3 Å². The third-order valence-corrected chi connectivity index (χ3v) is 4.93. The van der Waals surface area contributed by atoms with Gasteiger partial charge in [-0.3, -0.25) is 0 Å². The molecule has 0 amide bonds. The van der Waals surface area contributed by atoms with Crippen LogP contribution in [0.4, 0.5) is 5.69 Å². The second-order valence-electron chi connectivity index (χ2n) is 4.51. The first-order chi connectivity index (χ1) is 8.58. The monoisotopic (exact) mass is 343 g/mol. The van der Waals surface area contributed by atoms with Gasteiger partial charge in [0.2, 0.25) is 0 Å². The molecular weight excluding hydrogens is 330 g/mol. The van der Waals surface area contributed by atoms with Gasteiger partial charge in [0.25, 0.3) is 0 Å². The number of thiophene rings is 1. The fraction of sp³-hybridized carbons (Fsp3) is 0.286. The lowest BCUT2D eigenvalue weighted by atomic mass is 10.0. The highest BCUT2D eigenvalue weighted by molar-refractivity contribution is 9.10. The number of benzene rings is 1. The summed E-state index contributed by atoms with van der Waals surface area (Å²) in [7, 11) is 0. The minimum atomic E-state index is 0.332. The molecule has 0 aliphatic carbocycles. The van der Waals surface area contributed by atoms with Crippen molar-refractivity contribution in [3.8, 4) is 0 Å². The average Bonchev–Trinajstić information content (AvgIpc) is 2.83. The van der Waals surface area contributed by atoms with E-state index in [0.717, 1.165) is 15.2 Å². The Kier molecular flexibility index (Phi) is 4.71. The van der Waals surface area contributed by atoms with Gasteiger partial charge < -0.3 is 5.32 Å². The van der Waals surface area contributed by atoms with Crippen LogP contribution in [0.1, 0.15) is 24.8 Å². The Labute approximate surface area is 125 Å². The molecule has 1 heterocycles. The van der Waals surface area contributed by atoms with Gasteiger partial charge in [-0.1, -0.05) is 31.5 Å². The van der Waals surface area contributed by atoms with Gasteiger partial charge in [-0.05, 0) is 51.5 Å². The SMILES string of the molecule is CC(C)C(Nc1ccc(Cl)c(Br)c1)c1cccs1. The molecule has 2 aromatic rings. The molecule has 0 aliphatic heterocycles. The van der Waals surface area contributed by atoms with Gasteiger partial charge in [0.05, 0.1) is 11.1 Å². The number of rotatable bonds is 4. The summed E-state index contributed by atoms with van der Waals surface area (Å²) in [6.45, 7) is 4.45. The first-order valence-corrected chi connectivity index (χ1v) is 7.88. The predicted octanol–water partition coefficient (Wildman–Crippen LogP) is 5.97. The normalized spacial score (nSPS) is 12.7. The Morgan fingerprint density at radius 1 is 1.28 bits per heavy atom. The van der Waals surface area contributed by atoms with E-state index in [1.165, 1.54) is 4.88 Å². The first-order valence-electron chi connectivity index (χ1n) is 5.83. The molecule has 96 valence electrons. The van der Waals surface area contributed by atoms with Gasteiger partial charge in [0.1, 0.15) is 0 Å². The van der Waals surface area contributed by atoms with E-state index < -0.39 is 0 Å². The quantitative estimate of drug-likeness (QED) is 0.720. The number of hydrogen-bond acceptors (Lipinski definition) is 2. The van der Waals surface area contributed by atoms with Crippen LogP contribution in [-0.4, -0.2) is 0 Å². The van der Waals surface area contributed by atoms with E-state index in [2.05, 4.69) is 52.6 Å². The van der Waals surface area contributed by atoms with Gasteiger partial charge in [-0.2, -0.15) is 0 Å². The van der Waals surface area contributed by atoms with Crippen LogP contribution >= 0.6 is 38.9 Å². The zero-order valence-electron chi connectivity index (χ0n) is 10.3. The molecule has 0 spiro atoms. The van der Waals surface area contributed by atoms with Crippen molar-refractivity contribution >= 4 is 44.6 Å².